The molecule has 0 amide bonds. The molecule has 0 aromatic carbocycles. The minimum atomic E-state index is -1.03. The average Bonchev–Trinajstić information content (AvgIpc) is 2.92. The molecule has 0 aliphatic carbocycles. The molecule has 18 heavy (non-hydrogen) atoms. The average molecular weight is 249 g/mol. The van der Waals surface area contributed by atoms with E-state index >= 15 is 0 Å². The second kappa shape index (κ2) is 4.99. The summed E-state index contributed by atoms with van der Waals surface area (Å²) in [5.74, 6) is -0.0977. The van der Waals surface area contributed by atoms with E-state index in [9.17, 15) is 4.79 Å². The standard InChI is InChI=1S/C11H15N5O2/c1-3-8-10(11(17)18)13-14-16(8)6-4-9-12-5-7-15(9)2/h5,7H,3-4,6H2,1-2H3,(H,17,18). The maximum atomic E-state index is 10.9. The van der Waals surface area contributed by atoms with Crippen molar-refractivity contribution in [1.82, 2.24) is 24.5 Å². The van der Waals surface area contributed by atoms with Gasteiger partial charge in [0.2, 0.25) is 0 Å². The van der Waals surface area contributed by atoms with Gasteiger partial charge in [-0.2, -0.15) is 0 Å². The summed E-state index contributed by atoms with van der Waals surface area (Å²) in [5, 5.41) is 16.6. The first kappa shape index (κ1) is 12.3. The number of rotatable bonds is 5. The lowest BCUT2D eigenvalue weighted by atomic mass is 10.2. The first-order valence-electron chi connectivity index (χ1n) is 5.75. The zero-order chi connectivity index (χ0) is 13.1. The number of carboxylic acid groups (broad SMARTS) is 1. The second-order valence-electron chi connectivity index (χ2n) is 3.97. The zero-order valence-corrected chi connectivity index (χ0v) is 10.4. The summed E-state index contributed by atoms with van der Waals surface area (Å²) in [7, 11) is 1.92. The SMILES string of the molecule is CCc1c(C(=O)O)nnn1CCc1nccn1C. The van der Waals surface area contributed by atoms with Crippen LogP contribution >= 0.6 is 0 Å². The van der Waals surface area contributed by atoms with Crippen LogP contribution in [0, 0.1) is 0 Å². The molecule has 0 atom stereocenters. The maximum absolute atomic E-state index is 10.9. The van der Waals surface area contributed by atoms with Crippen LogP contribution in [0.1, 0.15) is 28.9 Å². The van der Waals surface area contributed by atoms with E-state index in [1.165, 1.54) is 0 Å². The van der Waals surface area contributed by atoms with Crippen molar-refractivity contribution >= 4 is 5.97 Å². The fraction of sp³-hybridized carbons (Fsp3) is 0.455. The van der Waals surface area contributed by atoms with Gasteiger partial charge in [-0.05, 0) is 6.42 Å². The number of hydrogen-bond donors (Lipinski definition) is 1. The van der Waals surface area contributed by atoms with Crippen molar-refractivity contribution in [2.75, 3.05) is 0 Å². The van der Waals surface area contributed by atoms with Crippen LogP contribution in [0.4, 0.5) is 0 Å². The molecule has 0 aliphatic rings. The normalized spacial score (nSPS) is 10.8. The van der Waals surface area contributed by atoms with Crippen molar-refractivity contribution in [2.45, 2.75) is 26.3 Å². The Hall–Kier alpha value is -2.18. The third-order valence-electron chi connectivity index (χ3n) is 2.84. The Labute approximate surface area is 104 Å². The lowest BCUT2D eigenvalue weighted by Gasteiger charge is -2.05. The van der Waals surface area contributed by atoms with Gasteiger partial charge in [-0.3, -0.25) is 0 Å². The van der Waals surface area contributed by atoms with E-state index in [2.05, 4.69) is 15.3 Å². The molecule has 2 rings (SSSR count). The van der Waals surface area contributed by atoms with Crippen molar-refractivity contribution in [2.24, 2.45) is 7.05 Å². The van der Waals surface area contributed by atoms with Crippen molar-refractivity contribution in [1.29, 1.82) is 0 Å². The summed E-state index contributed by atoms with van der Waals surface area (Å²) in [6, 6.07) is 0. The van der Waals surface area contributed by atoms with Gasteiger partial charge in [-0.25, -0.2) is 14.5 Å². The van der Waals surface area contributed by atoms with Crippen LogP contribution in [-0.4, -0.2) is 35.6 Å². The molecule has 0 saturated carbocycles. The molecule has 0 aliphatic heterocycles. The van der Waals surface area contributed by atoms with Gasteiger partial charge < -0.3 is 9.67 Å². The number of aryl methyl sites for hydroxylation is 3. The van der Waals surface area contributed by atoms with Gasteiger partial charge in [0.05, 0.1) is 12.2 Å². The van der Waals surface area contributed by atoms with E-state index in [1.54, 1.807) is 10.9 Å². The van der Waals surface area contributed by atoms with E-state index in [0.717, 1.165) is 5.82 Å². The number of aromatic carboxylic acids is 1. The largest absolute Gasteiger partial charge is 0.476 e. The van der Waals surface area contributed by atoms with Crippen molar-refractivity contribution < 1.29 is 9.90 Å². The summed E-state index contributed by atoms with van der Waals surface area (Å²) >= 11 is 0. The Bertz CT molecular complexity index is 558. The molecule has 2 aromatic rings. The zero-order valence-electron chi connectivity index (χ0n) is 10.4. The predicted molar refractivity (Wildman–Crippen MR) is 63.3 cm³/mol. The molecule has 2 aromatic heterocycles. The summed E-state index contributed by atoms with van der Waals surface area (Å²) < 4.78 is 3.57. The highest BCUT2D eigenvalue weighted by atomic mass is 16.4. The van der Waals surface area contributed by atoms with Gasteiger partial charge in [-0.1, -0.05) is 12.1 Å². The van der Waals surface area contributed by atoms with E-state index in [0.29, 0.717) is 25.1 Å². The summed E-state index contributed by atoms with van der Waals surface area (Å²) in [6.07, 6.45) is 4.90. The fourth-order valence-corrected chi connectivity index (χ4v) is 1.87. The maximum Gasteiger partial charge on any atom is 0.358 e. The van der Waals surface area contributed by atoms with Gasteiger partial charge >= 0.3 is 5.97 Å². The van der Waals surface area contributed by atoms with Crippen molar-refractivity contribution in [3.8, 4) is 0 Å². The highest BCUT2D eigenvalue weighted by Gasteiger charge is 2.17. The number of nitrogens with zero attached hydrogens (tertiary/aromatic N) is 5. The molecule has 96 valence electrons. The van der Waals surface area contributed by atoms with Crippen LogP contribution in [0.15, 0.2) is 12.4 Å². The molecule has 0 unspecified atom stereocenters. The number of imidazole rings is 1. The van der Waals surface area contributed by atoms with Crippen LogP contribution in [0.2, 0.25) is 0 Å². The Morgan fingerprint density at radius 1 is 1.50 bits per heavy atom. The van der Waals surface area contributed by atoms with Crippen molar-refractivity contribution in [3.05, 3.63) is 29.6 Å². The monoisotopic (exact) mass is 249 g/mol. The molecule has 7 nitrogen and oxygen atoms in total. The van der Waals surface area contributed by atoms with Gasteiger partial charge in [0.15, 0.2) is 5.69 Å². The molecule has 0 saturated heterocycles. The van der Waals surface area contributed by atoms with Gasteiger partial charge in [0.25, 0.3) is 0 Å². The number of hydrogen-bond acceptors (Lipinski definition) is 4. The predicted octanol–water partition coefficient (Wildman–Crippen LogP) is 0.515. The lowest BCUT2D eigenvalue weighted by Crippen LogP contribution is -2.11. The summed E-state index contributed by atoms with van der Waals surface area (Å²) in [6.45, 7) is 2.47. The van der Waals surface area contributed by atoms with E-state index < -0.39 is 5.97 Å². The molecule has 0 bridgehead atoms. The highest BCUT2D eigenvalue weighted by Crippen LogP contribution is 2.08. The minimum absolute atomic E-state index is 0.0392. The van der Waals surface area contributed by atoms with Crippen LogP contribution in [-0.2, 0) is 26.4 Å². The smallest absolute Gasteiger partial charge is 0.358 e. The molecule has 0 spiro atoms. The van der Waals surface area contributed by atoms with E-state index in [1.807, 2.05) is 24.7 Å². The Morgan fingerprint density at radius 2 is 2.28 bits per heavy atom. The van der Waals surface area contributed by atoms with Crippen LogP contribution in [0.25, 0.3) is 0 Å². The fourth-order valence-electron chi connectivity index (χ4n) is 1.87. The quantitative estimate of drug-likeness (QED) is 0.834. The topological polar surface area (TPSA) is 85.8 Å². The summed E-state index contributed by atoms with van der Waals surface area (Å²) in [4.78, 5) is 15.2. The van der Waals surface area contributed by atoms with Gasteiger partial charge in [0, 0.05) is 25.9 Å². The summed E-state index contributed by atoms with van der Waals surface area (Å²) in [5.41, 5.74) is 0.689. The van der Waals surface area contributed by atoms with Crippen LogP contribution in [0.5, 0.6) is 0 Å². The Balaban J connectivity index is 2.15. The molecular weight excluding hydrogens is 234 g/mol. The Morgan fingerprint density at radius 3 is 2.83 bits per heavy atom. The van der Waals surface area contributed by atoms with Gasteiger partial charge in [0.1, 0.15) is 5.82 Å². The second-order valence-corrected chi connectivity index (χ2v) is 3.97. The first-order valence-corrected chi connectivity index (χ1v) is 5.75. The highest BCUT2D eigenvalue weighted by molar-refractivity contribution is 5.86. The molecular formula is C11H15N5O2. The number of aromatic nitrogens is 5. The number of carbonyl (C=O) groups is 1. The third kappa shape index (κ3) is 2.24. The van der Waals surface area contributed by atoms with Crippen LogP contribution < -0.4 is 0 Å². The van der Waals surface area contributed by atoms with E-state index in [-0.39, 0.29) is 5.69 Å². The first-order chi connectivity index (χ1) is 8.63. The minimum Gasteiger partial charge on any atom is -0.476 e. The third-order valence-corrected chi connectivity index (χ3v) is 2.84. The van der Waals surface area contributed by atoms with Gasteiger partial charge in [-0.15, -0.1) is 5.10 Å². The van der Waals surface area contributed by atoms with E-state index in [4.69, 9.17) is 5.11 Å². The Kier molecular flexibility index (Phi) is 3.40. The van der Waals surface area contributed by atoms with Crippen molar-refractivity contribution in [3.63, 3.8) is 0 Å². The molecule has 1 N–H and O–H groups in total. The van der Waals surface area contributed by atoms with Crippen LogP contribution in [0.3, 0.4) is 0 Å². The molecule has 0 radical (unpaired) electrons. The molecule has 2 heterocycles. The molecule has 7 heteroatoms. The molecule has 0 fully saturated rings. The lowest BCUT2D eigenvalue weighted by molar-refractivity contribution is 0.0689. The number of carboxylic acids is 1.